The number of anilines is 2. The zero-order valence-corrected chi connectivity index (χ0v) is 14.9. The molecule has 0 bridgehead atoms. The molecule has 0 aliphatic carbocycles. The van der Waals surface area contributed by atoms with E-state index in [1.807, 2.05) is 66.7 Å². The van der Waals surface area contributed by atoms with E-state index in [1.54, 1.807) is 6.20 Å². The molecule has 0 radical (unpaired) electrons. The van der Waals surface area contributed by atoms with Crippen molar-refractivity contribution < 1.29 is 0 Å². The highest BCUT2D eigenvalue weighted by atomic mass is 35.5. The summed E-state index contributed by atoms with van der Waals surface area (Å²) in [6.07, 6.45) is 1.77. The van der Waals surface area contributed by atoms with Gasteiger partial charge in [0.05, 0.1) is 16.7 Å². The number of H-pyrrole nitrogens is 1. The first-order chi connectivity index (χ1) is 13.3. The highest BCUT2D eigenvalue weighted by Gasteiger charge is 2.13. The van der Waals surface area contributed by atoms with E-state index in [4.69, 9.17) is 16.6 Å². The number of rotatable bonds is 3. The molecule has 0 saturated heterocycles. The average Bonchev–Trinajstić information content (AvgIpc) is 3.11. The van der Waals surface area contributed by atoms with Gasteiger partial charge in [-0.1, -0.05) is 41.9 Å². The molecule has 3 heterocycles. The summed E-state index contributed by atoms with van der Waals surface area (Å²) in [5.41, 5.74) is 3.42. The van der Waals surface area contributed by atoms with Crippen LogP contribution < -0.4 is 5.32 Å². The fraction of sp³-hybridized carbons (Fsp3) is 0. The average molecular weight is 372 g/mol. The van der Waals surface area contributed by atoms with Crippen LogP contribution in [-0.2, 0) is 0 Å². The Bertz CT molecular complexity index is 1280. The molecule has 0 fully saturated rings. The van der Waals surface area contributed by atoms with E-state index in [-0.39, 0.29) is 0 Å². The molecule has 0 aliphatic rings. The Balaban J connectivity index is 1.70. The number of halogens is 1. The third-order valence-electron chi connectivity index (χ3n) is 4.46. The first-order valence-corrected chi connectivity index (χ1v) is 8.88. The summed E-state index contributed by atoms with van der Waals surface area (Å²) < 4.78 is 0. The van der Waals surface area contributed by atoms with Crippen LogP contribution in [0.25, 0.3) is 33.1 Å². The molecule has 2 N–H and O–H groups in total. The van der Waals surface area contributed by atoms with Crippen molar-refractivity contribution in [1.29, 1.82) is 0 Å². The van der Waals surface area contributed by atoms with Crippen molar-refractivity contribution in [1.82, 2.24) is 20.2 Å². The minimum absolute atomic E-state index is 0.649. The Morgan fingerprint density at radius 1 is 0.852 bits per heavy atom. The van der Waals surface area contributed by atoms with Gasteiger partial charge in [0.1, 0.15) is 5.82 Å². The largest absolute Gasteiger partial charge is 0.322 e. The molecule has 3 aromatic heterocycles. The number of nitrogens with one attached hydrogen (secondary N) is 2. The quantitative estimate of drug-likeness (QED) is 0.435. The van der Waals surface area contributed by atoms with E-state index in [0.717, 1.165) is 38.9 Å². The summed E-state index contributed by atoms with van der Waals surface area (Å²) in [5.74, 6) is 1.41. The van der Waals surface area contributed by atoms with Gasteiger partial charge in [0, 0.05) is 27.6 Å². The summed E-state index contributed by atoms with van der Waals surface area (Å²) in [6, 6.07) is 21.4. The monoisotopic (exact) mass is 371 g/mol. The predicted molar refractivity (Wildman–Crippen MR) is 109 cm³/mol. The lowest BCUT2D eigenvalue weighted by molar-refractivity contribution is 1.12. The van der Waals surface area contributed by atoms with Crippen molar-refractivity contribution >= 4 is 45.0 Å². The van der Waals surface area contributed by atoms with Gasteiger partial charge in [0.2, 0.25) is 0 Å². The number of aromatic nitrogens is 4. The van der Waals surface area contributed by atoms with Crippen LogP contribution in [0.1, 0.15) is 0 Å². The number of aromatic amines is 1. The van der Waals surface area contributed by atoms with Crippen LogP contribution in [-0.4, -0.2) is 20.2 Å². The van der Waals surface area contributed by atoms with E-state index in [1.165, 1.54) is 0 Å². The smallest absolute Gasteiger partial charge is 0.161 e. The fourth-order valence-corrected chi connectivity index (χ4v) is 3.38. The van der Waals surface area contributed by atoms with E-state index in [0.29, 0.717) is 10.8 Å². The van der Waals surface area contributed by atoms with Gasteiger partial charge in [-0.05, 0) is 36.4 Å². The molecule has 2 aromatic carbocycles. The number of para-hydroxylation sites is 1. The number of nitrogens with zero attached hydrogens (tertiary/aromatic N) is 3. The highest BCUT2D eigenvalue weighted by molar-refractivity contribution is 6.33. The van der Waals surface area contributed by atoms with Gasteiger partial charge in [-0.3, -0.25) is 10.1 Å². The summed E-state index contributed by atoms with van der Waals surface area (Å²) in [7, 11) is 0. The molecular weight excluding hydrogens is 358 g/mol. The predicted octanol–water partition coefficient (Wildman–Crippen LogP) is 5.57. The number of hydrogen-bond acceptors (Lipinski definition) is 4. The van der Waals surface area contributed by atoms with Crippen LogP contribution in [0.5, 0.6) is 0 Å². The Hall–Kier alpha value is -3.44. The van der Waals surface area contributed by atoms with Crippen LogP contribution in [0.2, 0.25) is 5.02 Å². The van der Waals surface area contributed by atoms with Crippen LogP contribution in [0.15, 0.2) is 72.9 Å². The Labute approximate surface area is 160 Å². The second-order valence-corrected chi connectivity index (χ2v) is 6.56. The zero-order chi connectivity index (χ0) is 18.2. The van der Waals surface area contributed by atoms with Crippen molar-refractivity contribution in [3.05, 3.63) is 77.9 Å². The lowest BCUT2D eigenvalue weighted by Gasteiger charge is -2.11. The fourth-order valence-electron chi connectivity index (χ4n) is 3.15. The third kappa shape index (κ3) is 2.78. The maximum absolute atomic E-state index is 6.38. The topological polar surface area (TPSA) is 66.5 Å². The van der Waals surface area contributed by atoms with Gasteiger partial charge in [-0.25, -0.2) is 4.98 Å². The van der Waals surface area contributed by atoms with E-state index in [9.17, 15) is 0 Å². The lowest BCUT2D eigenvalue weighted by Crippen LogP contribution is -1.98. The van der Waals surface area contributed by atoms with Gasteiger partial charge in [-0.2, -0.15) is 5.10 Å². The van der Waals surface area contributed by atoms with E-state index in [2.05, 4.69) is 20.5 Å². The van der Waals surface area contributed by atoms with Gasteiger partial charge in [0.25, 0.3) is 0 Å². The van der Waals surface area contributed by atoms with E-state index < -0.39 is 0 Å². The third-order valence-corrected chi connectivity index (χ3v) is 4.79. The zero-order valence-electron chi connectivity index (χ0n) is 14.1. The molecule has 5 aromatic rings. The molecule has 0 aliphatic heterocycles. The number of pyridine rings is 2. The van der Waals surface area contributed by atoms with Crippen LogP contribution in [0.4, 0.5) is 11.6 Å². The Kier molecular flexibility index (Phi) is 3.73. The standard InChI is InChI=1S/C21H14ClN5/c22-16-9-3-1-6-13(16)19-12-18-15(8-5-11-23-18)20(24-19)25-21-14-7-2-4-10-17(14)26-27-21/h1-12H,(H2,24,25,26,27). The molecule has 5 nitrogen and oxygen atoms in total. The SMILES string of the molecule is Clc1ccccc1-c1cc2ncccc2c(Nc2n[nH]c3ccccc23)n1. The Morgan fingerprint density at radius 3 is 2.59 bits per heavy atom. The molecule has 6 heteroatoms. The molecule has 0 saturated carbocycles. The summed E-state index contributed by atoms with van der Waals surface area (Å²) in [5, 5.41) is 13.4. The van der Waals surface area contributed by atoms with Crippen molar-refractivity contribution in [2.24, 2.45) is 0 Å². The first kappa shape index (κ1) is 15.8. The van der Waals surface area contributed by atoms with Crippen LogP contribution in [0.3, 0.4) is 0 Å². The highest BCUT2D eigenvalue weighted by Crippen LogP contribution is 2.32. The molecule has 0 unspecified atom stereocenters. The van der Waals surface area contributed by atoms with Gasteiger partial charge in [-0.15, -0.1) is 0 Å². The van der Waals surface area contributed by atoms with Gasteiger partial charge in [0.15, 0.2) is 5.82 Å². The van der Waals surface area contributed by atoms with Crippen LogP contribution in [0, 0.1) is 0 Å². The number of benzene rings is 2. The normalized spacial score (nSPS) is 11.1. The molecule has 5 rings (SSSR count). The molecule has 0 atom stereocenters. The maximum atomic E-state index is 6.38. The molecular formula is C21H14ClN5. The lowest BCUT2D eigenvalue weighted by atomic mass is 10.1. The summed E-state index contributed by atoms with van der Waals surface area (Å²) in [6.45, 7) is 0. The second kappa shape index (κ2) is 6.37. The Morgan fingerprint density at radius 2 is 1.67 bits per heavy atom. The van der Waals surface area contributed by atoms with Crippen molar-refractivity contribution in [2.45, 2.75) is 0 Å². The van der Waals surface area contributed by atoms with E-state index >= 15 is 0 Å². The molecule has 27 heavy (non-hydrogen) atoms. The van der Waals surface area contributed by atoms with Crippen molar-refractivity contribution in [3.8, 4) is 11.3 Å². The first-order valence-electron chi connectivity index (χ1n) is 8.50. The van der Waals surface area contributed by atoms with Crippen LogP contribution >= 0.6 is 11.6 Å². The summed E-state index contributed by atoms with van der Waals surface area (Å²) in [4.78, 5) is 9.32. The van der Waals surface area contributed by atoms with Crippen molar-refractivity contribution in [3.63, 3.8) is 0 Å². The molecule has 130 valence electrons. The minimum atomic E-state index is 0.649. The maximum Gasteiger partial charge on any atom is 0.161 e. The van der Waals surface area contributed by atoms with Crippen molar-refractivity contribution in [2.75, 3.05) is 5.32 Å². The van der Waals surface area contributed by atoms with Gasteiger partial charge < -0.3 is 5.32 Å². The minimum Gasteiger partial charge on any atom is -0.322 e. The molecule has 0 amide bonds. The second-order valence-electron chi connectivity index (χ2n) is 6.15. The number of hydrogen-bond donors (Lipinski definition) is 2. The number of fused-ring (bicyclic) bond motifs is 2. The van der Waals surface area contributed by atoms with Gasteiger partial charge >= 0.3 is 0 Å². The summed E-state index contributed by atoms with van der Waals surface area (Å²) >= 11 is 6.38. The molecule has 0 spiro atoms.